The first-order chi connectivity index (χ1) is 13.2. The Labute approximate surface area is 162 Å². The summed E-state index contributed by atoms with van der Waals surface area (Å²) in [6, 6.07) is 12.0. The lowest BCUT2D eigenvalue weighted by Gasteiger charge is -2.36. The average Bonchev–Trinajstić information content (AvgIpc) is 3.40. The normalized spacial score (nSPS) is 16.7. The third kappa shape index (κ3) is 3.38. The van der Waals surface area contributed by atoms with Crippen molar-refractivity contribution in [1.29, 1.82) is 0 Å². The minimum absolute atomic E-state index is 0.0347. The van der Waals surface area contributed by atoms with Gasteiger partial charge >= 0.3 is 0 Å². The van der Waals surface area contributed by atoms with E-state index in [2.05, 4.69) is 39.5 Å². The molecule has 0 spiro atoms. The molecule has 0 radical (unpaired) electrons. The Morgan fingerprint density at radius 2 is 2.04 bits per heavy atom. The van der Waals surface area contributed by atoms with E-state index in [1.165, 1.54) is 16.0 Å². The fourth-order valence-corrected chi connectivity index (χ4v) is 4.60. The zero-order valence-corrected chi connectivity index (χ0v) is 16.2. The predicted molar refractivity (Wildman–Crippen MR) is 106 cm³/mol. The highest BCUT2D eigenvalue weighted by Gasteiger charge is 2.32. The number of benzene rings is 1. The Hall–Kier alpha value is -2.57. The van der Waals surface area contributed by atoms with Gasteiger partial charge in [0.2, 0.25) is 0 Å². The van der Waals surface area contributed by atoms with E-state index in [0.29, 0.717) is 12.2 Å². The largest absolute Gasteiger partial charge is 0.493 e. The summed E-state index contributed by atoms with van der Waals surface area (Å²) in [5.41, 5.74) is 3.08. The number of carbonyl (C=O) groups is 1. The SMILES string of the molecule is COc1cc2c(cc1OC)C(c1cccs1)N(CC(=O)c1ccc[nH]1)CC2. The molecule has 3 aromatic rings. The van der Waals surface area contributed by atoms with Gasteiger partial charge in [-0.15, -0.1) is 11.3 Å². The molecule has 0 aliphatic carbocycles. The highest BCUT2D eigenvalue weighted by Crippen LogP contribution is 2.42. The molecule has 1 aliphatic heterocycles. The number of H-pyrrole nitrogens is 1. The van der Waals surface area contributed by atoms with E-state index >= 15 is 0 Å². The van der Waals surface area contributed by atoms with Gasteiger partial charge in [-0.1, -0.05) is 6.07 Å². The maximum Gasteiger partial charge on any atom is 0.192 e. The lowest BCUT2D eigenvalue weighted by atomic mass is 9.90. The van der Waals surface area contributed by atoms with E-state index in [-0.39, 0.29) is 11.8 Å². The Bertz CT molecular complexity index is 919. The van der Waals surface area contributed by atoms with Crippen LogP contribution in [0.25, 0.3) is 0 Å². The van der Waals surface area contributed by atoms with Crippen LogP contribution in [-0.4, -0.2) is 43.0 Å². The molecule has 0 bridgehead atoms. The van der Waals surface area contributed by atoms with E-state index in [4.69, 9.17) is 9.47 Å². The van der Waals surface area contributed by atoms with Gasteiger partial charge in [-0.25, -0.2) is 0 Å². The number of aromatic amines is 1. The van der Waals surface area contributed by atoms with Crippen molar-refractivity contribution in [1.82, 2.24) is 9.88 Å². The Morgan fingerprint density at radius 3 is 2.70 bits per heavy atom. The summed E-state index contributed by atoms with van der Waals surface area (Å²) in [5, 5.41) is 2.08. The Balaban J connectivity index is 1.73. The number of fused-ring (bicyclic) bond motifs is 1. The summed E-state index contributed by atoms with van der Waals surface area (Å²) in [6.07, 6.45) is 2.65. The van der Waals surface area contributed by atoms with Gasteiger partial charge in [-0.2, -0.15) is 0 Å². The monoisotopic (exact) mass is 382 g/mol. The van der Waals surface area contributed by atoms with Crippen molar-refractivity contribution in [2.75, 3.05) is 27.3 Å². The molecule has 0 saturated heterocycles. The standard InChI is InChI=1S/C21H22N2O3S/c1-25-18-11-14-7-9-23(13-17(24)16-5-3-8-22-16)21(20-6-4-10-27-20)15(14)12-19(18)26-2/h3-6,8,10-12,21-22H,7,9,13H2,1-2H3. The second-order valence-electron chi connectivity index (χ2n) is 6.55. The molecule has 5 nitrogen and oxygen atoms in total. The molecular weight excluding hydrogens is 360 g/mol. The van der Waals surface area contributed by atoms with E-state index < -0.39 is 0 Å². The number of aromatic nitrogens is 1. The summed E-state index contributed by atoms with van der Waals surface area (Å²) in [5.74, 6) is 1.57. The molecule has 0 saturated carbocycles. The van der Waals surface area contributed by atoms with E-state index in [0.717, 1.165) is 24.5 Å². The van der Waals surface area contributed by atoms with Crippen LogP contribution in [0.3, 0.4) is 0 Å². The number of carbonyl (C=O) groups excluding carboxylic acids is 1. The topological polar surface area (TPSA) is 54.6 Å². The zero-order valence-electron chi connectivity index (χ0n) is 15.4. The third-order valence-corrected chi connectivity index (χ3v) is 5.96. The van der Waals surface area contributed by atoms with Crippen molar-refractivity contribution in [2.45, 2.75) is 12.5 Å². The first kappa shape index (κ1) is 17.8. The van der Waals surface area contributed by atoms with Gasteiger partial charge in [0.1, 0.15) is 0 Å². The summed E-state index contributed by atoms with van der Waals surface area (Å²) in [7, 11) is 3.31. The van der Waals surface area contributed by atoms with Crippen LogP contribution in [0.1, 0.15) is 32.5 Å². The molecule has 0 fully saturated rings. The number of Topliss-reactive ketones (excluding diaryl/α,β-unsaturated/α-hetero) is 1. The van der Waals surface area contributed by atoms with Crippen LogP contribution in [0.2, 0.25) is 0 Å². The van der Waals surface area contributed by atoms with Crippen molar-refractivity contribution in [3.63, 3.8) is 0 Å². The Kier molecular flexibility index (Phi) is 5.01. The first-order valence-electron chi connectivity index (χ1n) is 8.90. The van der Waals surface area contributed by atoms with Crippen molar-refractivity contribution in [2.24, 2.45) is 0 Å². The van der Waals surface area contributed by atoms with Gasteiger partial charge in [0.05, 0.1) is 32.5 Å². The van der Waals surface area contributed by atoms with Crippen LogP contribution < -0.4 is 9.47 Å². The fourth-order valence-electron chi connectivity index (χ4n) is 3.72. The molecule has 4 rings (SSSR count). The molecule has 1 aromatic carbocycles. The number of nitrogens with zero attached hydrogens (tertiary/aromatic N) is 1. The molecule has 1 atom stereocenters. The summed E-state index contributed by atoms with van der Waals surface area (Å²) >= 11 is 1.71. The van der Waals surface area contributed by atoms with E-state index in [9.17, 15) is 4.79 Å². The highest BCUT2D eigenvalue weighted by atomic mass is 32.1. The molecule has 6 heteroatoms. The first-order valence-corrected chi connectivity index (χ1v) is 9.78. The average molecular weight is 382 g/mol. The number of rotatable bonds is 6. The Morgan fingerprint density at radius 1 is 1.22 bits per heavy atom. The third-order valence-electron chi connectivity index (χ3n) is 5.03. The molecule has 27 heavy (non-hydrogen) atoms. The van der Waals surface area contributed by atoms with Crippen LogP contribution in [0.5, 0.6) is 11.5 Å². The quantitative estimate of drug-likeness (QED) is 0.657. The van der Waals surface area contributed by atoms with Crippen molar-refractivity contribution in [3.05, 3.63) is 69.7 Å². The molecular formula is C21H22N2O3S. The summed E-state index contributed by atoms with van der Waals surface area (Å²) in [6.45, 7) is 1.19. The molecule has 140 valence electrons. The van der Waals surface area contributed by atoms with Gasteiger partial charge < -0.3 is 14.5 Å². The maximum absolute atomic E-state index is 12.7. The van der Waals surface area contributed by atoms with Gasteiger partial charge in [0, 0.05) is 17.6 Å². The zero-order chi connectivity index (χ0) is 18.8. The molecule has 0 amide bonds. The van der Waals surface area contributed by atoms with Crippen molar-refractivity contribution < 1.29 is 14.3 Å². The number of hydrogen-bond acceptors (Lipinski definition) is 5. The smallest absolute Gasteiger partial charge is 0.192 e. The number of ether oxygens (including phenoxy) is 2. The lowest BCUT2D eigenvalue weighted by Crippen LogP contribution is -2.39. The summed E-state index contributed by atoms with van der Waals surface area (Å²) < 4.78 is 11.0. The van der Waals surface area contributed by atoms with E-state index in [1.54, 1.807) is 31.8 Å². The molecule has 1 aliphatic rings. The minimum Gasteiger partial charge on any atom is -0.493 e. The lowest BCUT2D eigenvalue weighted by molar-refractivity contribution is 0.0897. The molecule has 2 aromatic heterocycles. The predicted octanol–water partition coefficient (Wildman–Crippen LogP) is 3.92. The van der Waals surface area contributed by atoms with Crippen LogP contribution >= 0.6 is 11.3 Å². The van der Waals surface area contributed by atoms with Crippen LogP contribution in [-0.2, 0) is 6.42 Å². The van der Waals surface area contributed by atoms with Crippen molar-refractivity contribution in [3.8, 4) is 11.5 Å². The van der Waals surface area contributed by atoms with Gasteiger partial charge in [0.25, 0.3) is 0 Å². The number of methoxy groups -OCH3 is 2. The minimum atomic E-state index is 0.0347. The van der Waals surface area contributed by atoms with Crippen LogP contribution in [0, 0.1) is 0 Å². The number of hydrogen-bond donors (Lipinski definition) is 1. The second-order valence-corrected chi connectivity index (χ2v) is 7.53. The number of ketones is 1. The fraction of sp³-hybridized carbons (Fsp3) is 0.286. The molecule has 3 heterocycles. The van der Waals surface area contributed by atoms with Crippen LogP contribution in [0.4, 0.5) is 0 Å². The summed E-state index contributed by atoms with van der Waals surface area (Å²) in [4.78, 5) is 19.2. The van der Waals surface area contributed by atoms with E-state index in [1.807, 2.05) is 12.1 Å². The van der Waals surface area contributed by atoms with Gasteiger partial charge in [0.15, 0.2) is 17.3 Å². The maximum atomic E-state index is 12.7. The van der Waals surface area contributed by atoms with Gasteiger partial charge in [-0.05, 0) is 53.3 Å². The molecule has 1 unspecified atom stereocenters. The highest BCUT2D eigenvalue weighted by molar-refractivity contribution is 7.10. The number of nitrogens with one attached hydrogen (secondary N) is 1. The number of thiophene rings is 1. The van der Waals surface area contributed by atoms with Crippen LogP contribution in [0.15, 0.2) is 48.0 Å². The molecule has 1 N–H and O–H groups in total. The second kappa shape index (κ2) is 7.58. The van der Waals surface area contributed by atoms with Crippen molar-refractivity contribution >= 4 is 17.1 Å². The van der Waals surface area contributed by atoms with Gasteiger partial charge in [-0.3, -0.25) is 9.69 Å².